The topological polar surface area (TPSA) is 72.8 Å². The number of aliphatic hydroxyl groups is 1. The Balaban J connectivity index is 1.52. The van der Waals surface area contributed by atoms with E-state index in [4.69, 9.17) is 9.47 Å². The van der Waals surface area contributed by atoms with E-state index in [2.05, 4.69) is 13.8 Å². The van der Waals surface area contributed by atoms with Gasteiger partial charge in [0.05, 0.1) is 24.9 Å². The van der Waals surface area contributed by atoms with Crippen LogP contribution in [-0.2, 0) is 19.1 Å². The second kappa shape index (κ2) is 18.1. The van der Waals surface area contributed by atoms with E-state index >= 15 is 0 Å². The van der Waals surface area contributed by atoms with Crippen molar-refractivity contribution in [1.29, 1.82) is 0 Å². The molecule has 0 unspecified atom stereocenters. The Morgan fingerprint density at radius 1 is 0.857 bits per heavy atom. The molecule has 5 heteroatoms. The van der Waals surface area contributed by atoms with E-state index in [1.807, 2.05) is 6.08 Å². The molecule has 0 radical (unpaired) electrons. The number of allylic oxidation sites excluding steroid dienone is 1. The number of aliphatic hydroxyl groups excluding tert-OH is 1. The van der Waals surface area contributed by atoms with Gasteiger partial charge < -0.3 is 14.6 Å². The average Bonchev–Trinajstić information content (AvgIpc) is 3.35. The number of fused-ring (bicyclic) bond motifs is 1. The molecule has 0 bridgehead atoms. The fraction of sp³-hybridized carbons (Fsp3) is 0.867. The highest BCUT2D eigenvalue weighted by molar-refractivity contribution is 5.89. The van der Waals surface area contributed by atoms with E-state index in [0.29, 0.717) is 31.8 Å². The number of hydrogen-bond acceptors (Lipinski definition) is 5. The third-order valence-electron chi connectivity index (χ3n) is 7.74. The van der Waals surface area contributed by atoms with Crippen molar-refractivity contribution in [3.05, 3.63) is 12.2 Å². The van der Waals surface area contributed by atoms with E-state index in [9.17, 15) is 14.7 Å². The smallest absolute Gasteiger partial charge is 0.305 e. The zero-order valence-corrected chi connectivity index (χ0v) is 22.6. The largest absolute Gasteiger partial charge is 0.466 e. The van der Waals surface area contributed by atoms with Crippen molar-refractivity contribution in [3.63, 3.8) is 0 Å². The summed E-state index contributed by atoms with van der Waals surface area (Å²) >= 11 is 0. The standard InChI is InChI=1S/C30H52O5/c1-3-5-7-8-9-10-11-15-21-34-30(33)18-14-13-17-25-22-27-26(28(32)23-29(27)35-25)20-19-24(31)16-12-6-4-2/h19-20,25-29,32H,3-18,21-23H2,1-2H3/b20-19+/t25-,26+,27+,28+,29-/m0/s1. The van der Waals surface area contributed by atoms with Crippen LogP contribution in [-0.4, -0.2) is 41.8 Å². The summed E-state index contributed by atoms with van der Waals surface area (Å²) in [6.07, 6.45) is 22.0. The molecule has 5 atom stereocenters. The van der Waals surface area contributed by atoms with Crippen molar-refractivity contribution in [1.82, 2.24) is 0 Å². The fourth-order valence-corrected chi connectivity index (χ4v) is 5.62. The van der Waals surface area contributed by atoms with E-state index in [1.165, 1.54) is 38.5 Å². The van der Waals surface area contributed by atoms with Gasteiger partial charge in [0, 0.05) is 25.2 Å². The lowest BCUT2D eigenvalue weighted by molar-refractivity contribution is -0.144. The Kier molecular flexibility index (Phi) is 15.5. The molecule has 1 aliphatic heterocycles. The maximum Gasteiger partial charge on any atom is 0.305 e. The second-order valence-corrected chi connectivity index (χ2v) is 10.8. The Morgan fingerprint density at radius 3 is 2.26 bits per heavy atom. The maximum absolute atomic E-state index is 12.1. The van der Waals surface area contributed by atoms with Gasteiger partial charge >= 0.3 is 5.97 Å². The van der Waals surface area contributed by atoms with Crippen LogP contribution < -0.4 is 0 Å². The minimum Gasteiger partial charge on any atom is -0.466 e. The molecule has 2 aliphatic rings. The van der Waals surface area contributed by atoms with Gasteiger partial charge in [-0.25, -0.2) is 0 Å². The lowest BCUT2D eigenvalue weighted by Crippen LogP contribution is -2.19. The van der Waals surface area contributed by atoms with Crippen LogP contribution in [0.15, 0.2) is 12.2 Å². The van der Waals surface area contributed by atoms with Gasteiger partial charge in [-0.1, -0.05) is 84.1 Å². The van der Waals surface area contributed by atoms with Gasteiger partial charge in [-0.15, -0.1) is 0 Å². The second-order valence-electron chi connectivity index (χ2n) is 10.8. The van der Waals surface area contributed by atoms with Crippen molar-refractivity contribution in [2.75, 3.05) is 6.61 Å². The van der Waals surface area contributed by atoms with Crippen molar-refractivity contribution < 1.29 is 24.2 Å². The van der Waals surface area contributed by atoms with Gasteiger partial charge in [0.1, 0.15) is 0 Å². The van der Waals surface area contributed by atoms with Gasteiger partial charge in [0.15, 0.2) is 5.78 Å². The monoisotopic (exact) mass is 492 g/mol. The van der Waals surface area contributed by atoms with Crippen LogP contribution in [0.2, 0.25) is 0 Å². The van der Waals surface area contributed by atoms with Crippen LogP contribution in [0.25, 0.3) is 0 Å². The average molecular weight is 493 g/mol. The number of carbonyl (C=O) groups is 2. The Labute approximate surface area is 214 Å². The number of hydrogen-bond donors (Lipinski definition) is 1. The molecule has 0 amide bonds. The Bertz CT molecular complexity index is 616. The molecule has 1 heterocycles. The normalized spacial score (nSPS) is 25.9. The van der Waals surface area contributed by atoms with Crippen molar-refractivity contribution in [3.8, 4) is 0 Å². The summed E-state index contributed by atoms with van der Waals surface area (Å²) in [5, 5.41) is 10.5. The van der Waals surface area contributed by atoms with Crippen molar-refractivity contribution >= 4 is 11.8 Å². The summed E-state index contributed by atoms with van der Waals surface area (Å²) in [7, 11) is 0. The molecule has 202 valence electrons. The van der Waals surface area contributed by atoms with E-state index < -0.39 is 6.10 Å². The number of ketones is 1. The number of ether oxygens (including phenoxy) is 2. The molecule has 1 saturated carbocycles. The highest BCUT2D eigenvalue weighted by Gasteiger charge is 2.47. The molecule has 1 saturated heterocycles. The van der Waals surface area contributed by atoms with E-state index in [0.717, 1.165) is 57.8 Å². The van der Waals surface area contributed by atoms with Crippen LogP contribution >= 0.6 is 0 Å². The molecular formula is C30H52O5. The summed E-state index contributed by atoms with van der Waals surface area (Å²) in [4.78, 5) is 24.1. The molecule has 0 aromatic carbocycles. The van der Waals surface area contributed by atoms with E-state index in [-0.39, 0.29) is 29.9 Å². The molecule has 0 aromatic heterocycles. The summed E-state index contributed by atoms with van der Waals surface area (Å²) in [5.41, 5.74) is 0. The lowest BCUT2D eigenvalue weighted by atomic mass is 9.89. The molecule has 0 spiro atoms. The number of unbranched alkanes of at least 4 members (excludes halogenated alkanes) is 10. The highest BCUT2D eigenvalue weighted by Crippen LogP contribution is 2.45. The maximum atomic E-state index is 12.1. The van der Waals surface area contributed by atoms with Gasteiger partial charge in [-0.05, 0) is 44.1 Å². The highest BCUT2D eigenvalue weighted by atomic mass is 16.5. The third kappa shape index (κ3) is 12.1. The molecular weight excluding hydrogens is 440 g/mol. The molecule has 1 aliphatic carbocycles. The minimum atomic E-state index is -0.415. The first-order chi connectivity index (χ1) is 17.0. The minimum absolute atomic E-state index is 0.0199. The Hall–Kier alpha value is -1.20. The first-order valence-electron chi connectivity index (χ1n) is 14.7. The molecule has 35 heavy (non-hydrogen) atoms. The van der Waals surface area contributed by atoms with Gasteiger partial charge in [-0.2, -0.15) is 0 Å². The van der Waals surface area contributed by atoms with Crippen molar-refractivity contribution in [2.24, 2.45) is 11.8 Å². The molecule has 2 rings (SSSR count). The molecule has 2 fully saturated rings. The van der Waals surface area contributed by atoms with Crippen LogP contribution in [0, 0.1) is 11.8 Å². The summed E-state index contributed by atoms with van der Waals surface area (Å²) in [6, 6.07) is 0. The van der Waals surface area contributed by atoms with Crippen LogP contribution in [0.4, 0.5) is 0 Å². The quantitative estimate of drug-likeness (QED) is 0.112. The molecule has 1 N–H and O–H groups in total. The first-order valence-corrected chi connectivity index (χ1v) is 14.7. The zero-order chi connectivity index (χ0) is 25.3. The summed E-state index contributed by atoms with van der Waals surface area (Å²) < 4.78 is 11.6. The number of carbonyl (C=O) groups excluding carboxylic acids is 2. The van der Waals surface area contributed by atoms with Crippen LogP contribution in [0.3, 0.4) is 0 Å². The van der Waals surface area contributed by atoms with Gasteiger partial charge in [0.25, 0.3) is 0 Å². The van der Waals surface area contributed by atoms with Gasteiger partial charge in [0.2, 0.25) is 0 Å². The van der Waals surface area contributed by atoms with Crippen LogP contribution in [0.1, 0.15) is 129 Å². The molecule has 0 aromatic rings. The lowest BCUT2D eigenvalue weighted by Gasteiger charge is -2.17. The fourth-order valence-electron chi connectivity index (χ4n) is 5.62. The van der Waals surface area contributed by atoms with Crippen molar-refractivity contribution in [2.45, 2.75) is 148 Å². The predicted octanol–water partition coefficient (Wildman–Crippen LogP) is 7.09. The number of rotatable bonds is 20. The predicted molar refractivity (Wildman–Crippen MR) is 141 cm³/mol. The first kappa shape index (κ1) is 30.0. The summed E-state index contributed by atoms with van der Waals surface area (Å²) in [6.45, 7) is 4.93. The Morgan fingerprint density at radius 2 is 1.51 bits per heavy atom. The number of esters is 1. The molecule has 5 nitrogen and oxygen atoms in total. The van der Waals surface area contributed by atoms with Gasteiger partial charge in [-0.3, -0.25) is 9.59 Å². The van der Waals surface area contributed by atoms with E-state index in [1.54, 1.807) is 6.08 Å². The van der Waals surface area contributed by atoms with Crippen LogP contribution in [0.5, 0.6) is 0 Å². The zero-order valence-electron chi connectivity index (χ0n) is 22.6. The summed E-state index contributed by atoms with van der Waals surface area (Å²) in [5.74, 6) is 0.408. The third-order valence-corrected chi connectivity index (χ3v) is 7.74. The SMILES string of the molecule is CCCCCCCCCCOC(=O)CCCC[C@H]1C[C@@H]2[C@@H](/C=C/C(=O)CCCCC)[C@H](O)C[C@@H]2O1.